The third-order valence-electron chi connectivity index (χ3n) is 4.45. The SMILES string of the molecule is C/C=C1\NC(=O)c2cccc(n2)CNC(=O)C[C@@H](/C=C/CCC)OC(=O)[C@H](C)NC1=O. The summed E-state index contributed by atoms with van der Waals surface area (Å²) in [4.78, 5) is 54.1. The molecular weight excluding hydrogens is 400 g/mol. The van der Waals surface area contributed by atoms with Crippen LogP contribution in [-0.4, -0.2) is 40.8 Å². The number of cyclic esters (lactones) is 1. The number of hydrogen-bond donors (Lipinski definition) is 3. The second-order valence-corrected chi connectivity index (χ2v) is 7.04. The van der Waals surface area contributed by atoms with Gasteiger partial charge in [0.1, 0.15) is 23.5 Å². The highest BCUT2D eigenvalue weighted by molar-refractivity contribution is 6.02. The number of fused-ring (bicyclic) bond motifs is 2. The van der Waals surface area contributed by atoms with E-state index in [2.05, 4.69) is 20.9 Å². The molecule has 1 aromatic heterocycles. The monoisotopic (exact) mass is 428 g/mol. The maximum Gasteiger partial charge on any atom is 0.328 e. The van der Waals surface area contributed by atoms with Crippen molar-refractivity contribution >= 4 is 23.7 Å². The van der Waals surface area contributed by atoms with Crippen LogP contribution in [0.1, 0.15) is 56.2 Å². The van der Waals surface area contributed by atoms with E-state index >= 15 is 0 Å². The fraction of sp³-hybridized carbons (Fsp3) is 0.409. The Kier molecular flexibility index (Phi) is 8.93. The van der Waals surface area contributed by atoms with Gasteiger partial charge in [-0.05, 0) is 38.5 Å². The van der Waals surface area contributed by atoms with Gasteiger partial charge in [0.25, 0.3) is 11.8 Å². The van der Waals surface area contributed by atoms with Crippen LogP contribution in [0.2, 0.25) is 0 Å². The summed E-state index contributed by atoms with van der Waals surface area (Å²) < 4.78 is 5.44. The Balaban J connectivity index is 2.31. The minimum atomic E-state index is -0.987. The first-order chi connectivity index (χ1) is 14.8. The van der Waals surface area contributed by atoms with Crippen LogP contribution in [0.15, 0.2) is 42.1 Å². The number of rotatable bonds is 3. The van der Waals surface area contributed by atoms with Gasteiger partial charge in [-0.15, -0.1) is 0 Å². The lowest BCUT2D eigenvalue weighted by Gasteiger charge is -2.19. The van der Waals surface area contributed by atoms with Gasteiger partial charge in [0, 0.05) is 0 Å². The highest BCUT2D eigenvalue weighted by Crippen LogP contribution is 2.08. The van der Waals surface area contributed by atoms with Gasteiger partial charge < -0.3 is 20.7 Å². The summed E-state index contributed by atoms with van der Waals surface area (Å²) in [5.74, 6) is -2.25. The lowest BCUT2D eigenvalue weighted by Crippen LogP contribution is -2.44. The Morgan fingerprint density at radius 2 is 1.97 bits per heavy atom. The molecule has 0 radical (unpaired) electrons. The van der Waals surface area contributed by atoms with Crippen LogP contribution in [-0.2, 0) is 25.7 Å². The molecule has 2 atom stereocenters. The van der Waals surface area contributed by atoms with Crippen molar-refractivity contribution in [1.29, 1.82) is 0 Å². The lowest BCUT2D eigenvalue weighted by atomic mass is 10.2. The normalized spacial score (nSPS) is 22.6. The molecule has 9 heteroatoms. The van der Waals surface area contributed by atoms with Crippen molar-refractivity contribution in [2.24, 2.45) is 0 Å². The third kappa shape index (κ3) is 7.36. The van der Waals surface area contributed by atoms with Crippen LogP contribution in [0.25, 0.3) is 0 Å². The van der Waals surface area contributed by atoms with Crippen molar-refractivity contribution in [2.45, 2.75) is 58.7 Å². The van der Waals surface area contributed by atoms with Crippen molar-refractivity contribution in [1.82, 2.24) is 20.9 Å². The zero-order chi connectivity index (χ0) is 22.8. The van der Waals surface area contributed by atoms with Crippen LogP contribution in [0, 0.1) is 0 Å². The van der Waals surface area contributed by atoms with E-state index in [1.54, 1.807) is 25.1 Å². The number of ether oxygens (including phenoxy) is 1. The molecule has 1 aliphatic rings. The first kappa shape index (κ1) is 23.8. The van der Waals surface area contributed by atoms with Crippen LogP contribution in [0.5, 0.6) is 0 Å². The predicted octanol–water partition coefficient (Wildman–Crippen LogP) is 1.51. The van der Waals surface area contributed by atoms with Crippen LogP contribution in [0.4, 0.5) is 0 Å². The van der Waals surface area contributed by atoms with Gasteiger partial charge in [-0.3, -0.25) is 14.4 Å². The molecule has 0 saturated heterocycles. The fourth-order valence-corrected chi connectivity index (χ4v) is 2.74. The van der Waals surface area contributed by atoms with E-state index in [0.717, 1.165) is 12.8 Å². The number of nitrogens with zero attached hydrogens (tertiary/aromatic N) is 1. The minimum absolute atomic E-state index is 0.0170. The predicted molar refractivity (Wildman–Crippen MR) is 113 cm³/mol. The number of nitrogens with one attached hydrogen (secondary N) is 3. The molecule has 0 aromatic carbocycles. The Hall–Kier alpha value is -3.49. The molecule has 1 aliphatic heterocycles. The Morgan fingerprint density at radius 1 is 1.19 bits per heavy atom. The number of amides is 3. The van der Waals surface area contributed by atoms with Gasteiger partial charge in [0.2, 0.25) is 5.91 Å². The van der Waals surface area contributed by atoms with E-state index in [0.29, 0.717) is 5.69 Å². The summed E-state index contributed by atoms with van der Waals surface area (Å²) in [7, 11) is 0. The molecule has 0 saturated carbocycles. The summed E-state index contributed by atoms with van der Waals surface area (Å²) in [6.45, 7) is 5.17. The second-order valence-electron chi connectivity index (χ2n) is 7.04. The number of carbonyl (C=O) groups is 4. The van der Waals surface area contributed by atoms with Gasteiger partial charge in [-0.2, -0.15) is 0 Å². The van der Waals surface area contributed by atoms with Gasteiger partial charge >= 0.3 is 5.97 Å². The highest BCUT2D eigenvalue weighted by Gasteiger charge is 2.24. The first-order valence-electron chi connectivity index (χ1n) is 10.2. The quantitative estimate of drug-likeness (QED) is 0.381. The molecule has 3 N–H and O–H groups in total. The standard InChI is InChI=1S/C22H28N4O5/c1-4-6-7-10-16-12-19(27)23-13-15-9-8-11-18(25-15)21(29)26-17(5-2)20(28)24-14(3)22(30)31-16/h5,7-11,14,16H,4,6,12-13H2,1-3H3,(H,23,27)(H,24,28)(H,26,29)/b10-7+,17-5-/t14-,16+/m0/s1. The molecule has 1 aromatic rings. The number of unbranched alkanes of at least 4 members (excludes halogenated alkanes) is 1. The van der Waals surface area contributed by atoms with E-state index in [1.807, 2.05) is 13.0 Å². The zero-order valence-electron chi connectivity index (χ0n) is 17.9. The van der Waals surface area contributed by atoms with Crippen molar-refractivity contribution in [2.75, 3.05) is 0 Å². The fourth-order valence-electron chi connectivity index (χ4n) is 2.74. The molecule has 0 spiro atoms. The average Bonchev–Trinajstić information content (AvgIpc) is 2.75. The van der Waals surface area contributed by atoms with Crippen molar-refractivity contribution < 1.29 is 23.9 Å². The van der Waals surface area contributed by atoms with E-state index in [4.69, 9.17) is 4.74 Å². The topological polar surface area (TPSA) is 126 Å². The maximum absolute atomic E-state index is 12.5. The molecule has 2 heterocycles. The van der Waals surface area contributed by atoms with Crippen molar-refractivity contribution in [3.8, 4) is 0 Å². The summed E-state index contributed by atoms with van der Waals surface area (Å²) in [5, 5.41) is 7.71. The highest BCUT2D eigenvalue weighted by atomic mass is 16.5. The zero-order valence-corrected chi connectivity index (χ0v) is 17.9. The average molecular weight is 428 g/mol. The van der Waals surface area contributed by atoms with E-state index in [-0.39, 0.29) is 30.3 Å². The second kappa shape index (κ2) is 11.6. The number of carbonyl (C=O) groups excluding carboxylic acids is 4. The van der Waals surface area contributed by atoms with Crippen molar-refractivity contribution in [3.05, 3.63) is 53.5 Å². The molecule has 0 unspecified atom stereocenters. The summed E-state index contributed by atoms with van der Waals surface area (Å²) in [6, 6.07) is 3.83. The van der Waals surface area contributed by atoms with Crippen LogP contribution < -0.4 is 16.0 Å². The molecule has 2 rings (SSSR count). The van der Waals surface area contributed by atoms with Crippen LogP contribution >= 0.6 is 0 Å². The molecular formula is C22H28N4O5. The van der Waals surface area contributed by atoms with Gasteiger partial charge in [-0.25, -0.2) is 9.78 Å². The smallest absolute Gasteiger partial charge is 0.328 e. The van der Waals surface area contributed by atoms with Gasteiger partial charge in [0.05, 0.1) is 18.7 Å². The molecule has 9 nitrogen and oxygen atoms in total. The Labute approximate surface area is 181 Å². The molecule has 3 amide bonds. The van der Waals surface area contributed by atoms with E-state index in [9.17, 15) is 19.2 Å². The molecule has 2 bridgehead atoms. The Bertz CT molecular complexity index is 894. The summed E-state index contributed by atoms with van der Waals surface area (Å²) in [6.07, 6.45) is 5.80. The molecule has 31 heavy (non-hydrogen) atoms. The summed E-state index contributed by atoms with van der Waals surface area (Å²) in [5.41, 5.74) is 0.554. The Morgan fingerprint density at radius 3 is 2.68 bits per heavy atom. The number of pyridine rings is 1. The number of hydrogen-bond acceptors (Lipinski definition) is 6. The van der Waals surface area contributed by atoms with Gasteiger partial charge in [0.15, 0.2) is 0 Å². The maximum atomic E-state index is 12.5. The third-order valence-corrected chi connectivity index (χ3v) is 4.45. The van der Waals surface area contributed by atoms with E-state index < -0.39 is 29.9 Å². The molecule has 166 valence electrons. The molecule has 0 aliphatic carbocycles. The number of allylic oxidation sites excluding steroid dienone is 2. The number of aromatic nitrogens is 1. The summed E-state index contributed by atoms with van der Waals surface area (Å²) >= 11 is 0. The molecule has 0 fully saturated rings. The van der Waals surface area contributed by atoms with Gasteiger partial charge in [-0.1, -0.05) is 31.6 Å². The van der Waals surface area contributed by atoms with E-state index in [1.165, 1.54) is 19.1 Å². The van der Waals surface area contributed by atoms with Crippen molar-refractivity contribution in [3.63, 3.8) is 0 Å². The lowest BCUT2D eigenvalue weighted by molar-refractivity contribution is -0.151. The largest absolute Gasteiger partial charge is 0.456 e. The number of esters is 1. The van der Waals surface area contributed by atoms with Crippen LogP contribution in [0.3, 0.4) is 0 Å². The first-order valence-corrected chi connectivity index (χ1v) is 10.2. The minimum Gasteiger partial charge on any atom is -0.456 e.